The molecule has 1 amide bonds. The van der Waals surface area contributed by atoms with Crippen LogP contribution in [0.15, 0.2) is 0 Å². The van der Waals surface area contributed by atoms with Crippen molar-refractivity contribution in [3.05, 3.63) is 0 Å². The first-order chi connectivity index (χ1) is 23.8. The molecule has 1 atom stereocenters. The maximum Gasteiger partial charge on any atom is 0.246 e. The Morgan fingerprint density at radius 2 is 0.896 bits per heavy atom. The third-order valence-corrected chi connectivity index (χ3v) is 6.44. The first-order valence-electron chi connectivity index (χ1n) is 17.5. The molecule has 282 valence electrons. The summed E-state index contributed by atoms with van der Waals surface area (Å²) in [6.07, 6.45) is 5.06. The number of carbonyl (C=O) groups excluding carboxylic acids is 1. The average molecular weight is 694 g/mol. The van der Waals surface area contributed by atoms with Gasteiger partial charge in [-0.1, -0.05) is 12.3 Å². The molecule has 0 radical (unpaired) electrons. The van der Waals surface area contributed by atoms with Gasteiger partial charge in [0, 0.05) is 19.6 Å². The lowest BCUT2D eigenvalue weighted by molar-refractivity contribution is -0.127. The first kappa shape index (κ1) is 44.6. The van der Waals surface area contributed by atoms with Gasteiger partial charge in [0.15, 0.2) is 0 Å². The molecule has 0 spiro atoms. The Balaban J connectivity index is 1.65. The lowest BCUT2D eigenvalue weighted by atomic mass is 10.1. The van der Waals surface area contributed by atoms with Gasteiger partial charge in [0.1, 0.15) is 12.7 Å². The van der Waals surface area contributed by atoms with Crippen molar-refractivity contribution in [1.29, 1.82) is 0 Å². The van der Waals surface area contributed by atoms with Crippen LogP contribution in [0.5, 0.6) is 0 Å². The minimum absolute atomic E-state index is 0.0262. The van der Waals surface area contributed by atoms with Gasteiger partial charge in [-0.05, 0) is 26.2 Å². The van der Waals surface area contributed by atoms with Gasteiger partial charge in [0.2, 0.25) is 5.91 Å². The number of carbonyl (C=O) groups is 1. The third-order valence-electron chi connectivity index (χ3n) is 6.44. The van der Waals surface area contributed by atoms with Gasteiger partial charge in [0.05, 0.1) is 139 Å². The van der Waals surface area contributed by atoms with E-state index in [1.54, 1.807) is 0 Å². The summed E-state index contributed by atoms with van der Waals surface area (Å²) in [4.78, 5) is 11.9. The number of ether oxygens (including phenoxy) is 12. The number of hydrogen-bond acceptors (Lipinski definition) is 13. The molecule has 0 aromatic carbocycles. The maximum atomic E-state index is 11.9. The Bertz CT molecular complexity index is 738. The van der Waals surface area contributed by atoms with Crippen LogP contribution in [-0.4, -0.2) is 171 Å². The fourth-order valence-corrected chi connectivity index (χ4v) is 3.94. The molecule has 14 nitrogen and oxygen atoms in total. The molecule has 0 saturated heterocycles. The number of rotatable bonds is 37. The van der Waals surface area contributed by atoms with Gasteiger partial charge < -0.3 is 62.2 Å². The van der Waals surface area contributed by atoms with E-state index in [9.17, 15) is 4.79 Å². The summed E-state index contributed by atoms with van der Waals surface area (Å²) in [6, 6.07) is 0. The van der Waals surface area contributed by atoms with Crippen molar-refractivity contribution >= 4 is 5.91 Å². The Labute approximate surface area is 288 Å². The minimum atomic E-state index is -0.154. The smallest absolute Gasteiger partial charge is 0.246 e. The summed E-state index contributed by atoms with van der Waals surface area (Å²) < 4.78 is 65.4. The second kappa shape index (κ2) is 38.4. The van der Waals surface area contributed by atoms with Crippen LogP contribution in [0.1, 0.15) is 39.0 Å². The molecule has 0 heterocycles. The van der Waals surface area contributed by atoms with Crippen LogP contribution < -0.4 is 5.32 Å². The van der Waals surface area contributed by atoms with E-state index in [4.69, 9.17) is 56.8 Å². The summed E-state index contributed by atoms with van der Waals surface area (Å²) in [5.74, 6) is 6.06. The van der Waals surface area contributed by atoms with E-state index in [1.807, 2.05) is 6.92 Å². The van der Waals surface area contributed by atoms with Crippen molar-refractivity contribution in [2.45, 2.75) is 45.1 Å². The monoisotopic (exact) mass is 693 g/mol. The van der Waals surface area contributed by atoms with Crippen LogP contribution in [-0.2, 0) is 61.6 Å². The van der Waals surface area contributed by atoms with Gasteiger partial charge in [-0.15, -0.1) is 5.92 Å². The summed E-state index contributed by atoms with van der Waals surface area (Å²) in [5.41, 5.74) is 0. The van der Waals surface area contributed by atoms with E-state index in [2.05, 4.69) is 17.2 Å². The molecule has 0 aliphatic heterocycles. The van der Waals surface area contributed by atoms with Gasteiger partial charge in [0.25, 0.3) is 0 Å². The van der Waals surface area contributed by atoms with Crippen molar-refractivity contribution in [3.8, 4) is 11.8 Å². The van der Waals surface area contributed by atoms with Gasteiger partial charge in [-0.2, -0.15) is 0 Å². The molecule has 1 aliphatic rings. The van der Waals surface area contributed by atoms with Gasteiger partial charge >= 0.3 is 0 Å². The zero-order valence-electron chi connectivity index (χ0n) is 29.4. The van der Waals surface area contributed by atoms with Crippen LogP contribution in [0.3, 0.4) is 0 Å². The molecule has 1 aliphatic carbocycles. The van der Waals surface area contributed by atoms with Gasteiger partial charge in [-0.25, -0.2) is 0 Å². The first-order valence-corrected chi connectivity index (χ1v) is 17.5. The summed E-state index contributed by atoms with van der Waals surface area (Å²) in [6.45, 7) is 13.8. The fourth-order valence-electron chi connectivity index (χ4n) is 3.94. The molecule has 0 saturated carbocycles. The molecule has 0 bridgehead atoms. The maximum absolute atomic E-state index is 11.9. The number of amides is 1. The molecular weight excluding hydrogens is 630 g/mol. The number of nitrogens with one attached hydrogen (secondary N) is 1. The standard InChI is InChI=1S/C34H63NO13/c1-2-37-12-13-39-16-17-41-20-21-43-24-25-45-28-29-47-31-30-46-27-26-44-23-22-42-19-18-40-15-14-38-11-10-35-34(36)32-48-33-8-6-4-3-5-7-9-33/h33H,2-6,8,10-32H2,1H3,(H,35,36). The molecule has 0 aromatic heterocycles. The zero-order chi connectivity index (χ0) is 34.3. The topological polar surface area (TPSA) is 140 Å². The summed E-state index contributed by atoms with van der Waals surface area (Å²) in [5, 5.41) is 2.79. The second-order valence-corrected chi connectivity index (χ2v) is 10.4. The quantitative estimate of drug-likeness (QED) is 0.0746. The van der Waals surface area contributed by atoms with E-state index in [1.165, 1.54) is 6.42 Å². The van der Waals surface area contributed by atoms with E-state index in [0.29, 0.717) is 152 Å². The second-order valence-electron chi connectivity index (χ2n) is 10.4. The van der Waals surface area contributed by atoms with Crippen LogP contribution in [0.4, 0.5) is 0 Å². The summed E-state index contributed by atoms with van der Waals surface area (Å²) in [7, 11) is 0. The number of hydrogen-bond donors (Lipinski definition) is 1. The predicted octanol–water partition coefficient (Wildman–Crippen LogP) is 1.66. The van der Waals surface area contributed by atoms with Crippen molar-refractivity contribution in [1.82, 2.24) is 5.32 Å². The van der Waals surface area contributed by atoms with E-state index in [0.717, 1.165) is 25.7 Å². The molecule has 48 heavy (non-hydrogen) atoms. The van der Waals surface area contributed by atoms with Crippen LogP contribution >= 0.6 is 0 Å². The predicted molar refractivity (Wildman–Crippen MR) is 178 cm³/mol. The van der Waals surface area contributed by atoms with Crippen molar-refractivity contribution in [2.75, 3.05) is 159 Å². The molecule has 0 fully saturated rings. The molecule has 1 rings (SSSR count). The molecule has 1 N–H and O–H groups in total. The van der Waals surface area contributed by atoms with Crippen LogP contribution in [0.2, 0.25) is 0 Å². The van der Waals surface area contributed by atoms with E-state index >= 15 is 0 Å². The lowest BCUT2D eigenvalue weighted by Gasteiger charge is -2.13. The minimum Gasteiger partial charge on any atom is -0.379 e. The fraction of sp³-hybridized carbons (Fsp3) is 0.912. The highest BCUT2D eigenvalue weighted by atomic mass is 16.6. The van der Waals surface area contributed by atoms with E-state index < -0.39 is 0 Å². The Kier molecular flexibility index (Phi) is 35.6. The Morgan fingerprint density at radius 1 is 0.521 bits per heavy atom. The Hall–Kier alpha value is -1.45. The SMILES string of the molecule is CCOCCOCCOCCOCCOCCOCCOCCOCCOCCOCCOCCNC(=O)COC1C#CCCCCC1. The molecule has 14 heteroatoms. The highest BCUT2D eigenvalue weighted by Crippen LogP contribution is 2.10. The van der Waals surface area contributed by atoms with E-state index in [-0.39, 0.29) is 18.6 Å². The highest BCUT2D eigenvalue weighted by molar-refractivity contribution is 5.77. The molecule has 1 unspecified atom stereocenters. The van der Waals surface area contributed by atoms with Crippen molar-refractivity contribution in [2.24, 2.45) is 0 Å². The largest absolute Gasteiger partial charge is 0.379 e. The lowest BCUT2D eigenvalue weighted by Crippen LogP contribution is -2.32. The van der Waals surface area contributed by atoms with Crippen LogP contribution in [0.25, 0.3) is 0 Å². The Morgan fingerprint density at radius 3 is 1.29 bits per heavy atom. The average Bonchev–Trinajstić information content (AvgIpc) is 3.08. The van der Waals surface area contributed by atoms with Gasteiger partial charge in [-0.3, -0.25) is 4.79 Å². The normalized spacial score (nSPS) is 14.7. The summed E-state index contributed by atoms with van der Waals surface area (Å²) >= 11 is 0. The zero-order valence-corrected chi connectivity index (χ0v) is 29.4. The van der Waals surface area contributed by atoms with Crippen LogP contribution in [0, 0.1) is 11.8 Å². The molecule has 0 aromatic rings. The highest BCUT2D eigenvalue weighted by Gasteiger charge is 2.10. The van der Waals surface area contributed by atoms with Crippen molar-refractivity contribution in [3.63, 3.8) is 0 Å². The van der Waals surface area contributed by atoms with Crippen molar-refractivity contribution < 1.29 is 61.6 Å². The third kappa shape index (κ3) is 34.4. The molecular formula is C34H63NO13.